The molecule has 0 saturated heterocycles. The molecule has 3 rings (SSSR count). The first-order valence-corrected chi connectivity index (χ1v) is 12.1. The number of carboxylic acid groups (broad SMARTS) is 1. The van der Waals surface area contributed by atoms with E-state index in [2.05, 4.69) is 5.32 Å². The number of aryl methyl sites for hydroxylation is 1. The molecule has 6 heteroatoms. The highest BCUT2D eigenvalue weighted by Crippen LogP contribution is 2.29. The van der Waals surface area contributed by atoms with Crippen molar-refractivity contribution in [2.45, 2.75) is 56.9 Å². The fourth-order valence-electron chi connectivity index (χ4n) is 4.20. The van der Waals surface area contributed by atoms with Crippen molar-refractivity contribution in [3.05, 3.63) is 95.8 Å². The largest absolute Gasteiger partial charge is 0.481 e. The van der Waals surface area contributed by atoms with E-state index in [1.165, 1.54) is 12.1 Å². The Bertz CT molecular complexity index is 1060. The van der Waals surface area contributed by atoms with Crippen molar-refractivity contribution in [1.82, 2.24) is 5.32 Å². The molecule has 1 aliphatic carbocycles. The summed E-state index contributed by atoms with van der Waals surface area (Å²) in [7, 11) is 0. The van der Waals surface area contributed by atoms with Crippen LogP contribution in [0.2, 0.25) is 0 Å². The fraction of sp³-hybridized carbons (Fsp3) is 0.345. The quantitative estimate of drug-likeness (QED) is 0.403. The summed E-state index contributed by atoms with van der Waals surface area (Å²) in [5.74, 6) is -3.01. The number of carboxylic acids is 1. The van der Waals surface area contributed by atoms with Crippen molar-refractivity contribution in [3.8, 4) is 0 Å². The molecule has 0 bridgehead atoms. The molecule has 1 unspecified atom stereocenters. The first-order chi connectivity index (χ1) is 16.8. The first kappa shape index (κ1) is 26.1. The Balaban J connectivity index is 1.77. The van der Waals surface area contributed by atoms with E-state index in [1.807, 2.05) is 49.4 Å². The van der Waals surface area contributed by atoms with Crippen LogP contribution in [0.3, 0.4) is 0 Å². The summed E-state index contributed by atoms with van der Waals surface area (Å²) in [5.41, 5.74) is 0.483. The number of hydrogen-bond donors (Lipinski definition) is 2. The van der Waals surface area contributed by atoms with Gasteiger partial charge in [0.1, 0.15) is 11.4 Å². The number of aliphatic carboxylic acids is 1. The first-order valence-electron chi connectivity index (χ1n) is 12.1. The number of halogens is 1. The predicted molar refractivity (Wildman–Crippen MR) is 133 cm³/mol. The number of allylic oxidation sites excluding steroid dienone is 2. The van der Waals surface area contributed by atoms with Gasteiger partial charge in [-0.3, -0.25) is 14.4 Å². The molecule has 5 nitrogen and oxygen atoms in total. The van der Waals surface area contributed by atoms with Gasteiger partial charge in [-0.2, -0.15) is 0 Å². The molecule has 35 heavy (non-hydrogen) atoms. The summed E-state index contributed by atoms with van der Waals surface area (Å²) in [6.45, 7) is 1.98. The number of carbonyl (C=O) groups excluding carboxylic acids is 2. The van der Waals surface area contributed by atoms with E-state index >= 15 is 0 Å². The molecule has 2 aromatic rings. The predicted octanol–water partition coefficient (Wildman–Crippen LogP) is 5.37. The molecule has 0 spiro atoms. The average molecular weight is 478 g/mol. The van der Waals surface area contributed by atoms with Crippen LogP contribution < -0.4 is 5.32 Å². The van der Waals surface area contributed by atoms with Gasteiger partial charge >= 0.3 is 5.97 Å². The van der Waals surface area contributed by atoms with Crippen molar-refractivity contribution < 1.29 is 23.9 Å². The maximum absolute atomic E-state index is 13.5. The van der Waals surface area contributed by atoms with Crippen LogP contribution in [0.1, 0.15) is 56.1 Å². The molecule has 0 fully saturated rings. The Hall–Kier alpha value is -3.54. The highest BCUT2D eigenvalue weighted by molar-refractivity contribution is 5.98. The summed E-state index contributed by atoms with van der Waals surface area (Å²) >= 11 is 0. The number of rotatable bonds is 12. The molecular formula is C29H32FNO4. The number of nitrogens with one attached hydrogen (secondary N) is 1. The van der Waals surface area contributed by atoms with E-state index in [9.17, 15) is 23.9 Å². The van der Waals surface area contributed by atoms with Gasteiger partial charge in [0.05, 0.1) is 5.92 Å². The fourth-order valence-corrected chi connectivity index (χ4v) is 4.20. The van der Waals surface area contributed by atoms with E-state index in [0.717, 1.165) is 17.5 Å². The third-order valence-electron chi connectivity index (χ3n) is 6.36. The molecular weight excluding hydrogens is 445 g/mol. The van der Waals surface area contributed by atoms with E-state index in [0.29, 0.717) is 19.3 Å². The zero-order valence-electron chi connectivity index (χ0n) is 20.0. The Kier molecular flexibility index (Phi) is 9.12. The number of Topliss-reactive ketones (excluding diaryl/α,β-unsaturated/α-hetero) is 1. The van der Waals surface area contributed by atoms with E-state index in [1.54, 1.807) is 24.3 Å². The van der Waals surface area contributed by atoms with Gasteiger partial charge in [-0.25, -0.2) is 4.39 Å². The molecule has 184 valence electrons. The van der Waals surface area contributed by atoms with Crippen LogP contribution in [-0.4, -0.2) is 28.3 Å². The number of hydrogen-bond acceptors (Lipinski definition) is 3. The summed E-state index contributed by atoms with van der Waals surface area (Å²) < 4.78 is 13.2. The minimum Gasteiger partial charge on any atom is -0.481 e. The lowest BCUT2D eigenvalue weighted by Crippen LogP contribution is -2.53. The molecule has 0 aromatic heterocycles. The van der Waals surface area contributed by atoms with Gasteiger partial charge in [0.2, 0.25) is 5.91 Å². The second-order valence-corrected chi connectivity index (χ2v) is 9.00. The lowest BCUT2D eigenvalue weighted by atomic mass is 9.80. The van der Waals surface area contributed by atoms with Crippen molar-refractivity contribution in [3.63, 3.8) is 0 Å². The van der Waals surface area contributed by atoms with Gasteiger partial charge in [0.25, 0.3) is 0 Å². The molecule has 0 radical (unpaired) electrons. The normalized spacial score (nSPS) is 19.8. The maximum Gasteiger partial charge on any atom is 0.306 e. The van der Waals surface area contributed by atoms with Crippen molar-refractivity contribution in [2.75, 3.05) is 0 Å². The topological polar surface area (TPSA) is 83.5 Å². The number of carbonyl (C=O) groups is 3. The molecule has 0 heterocycles. The zero-order valence-corrected chi connectivity index (χ0v) is 20.0. The van der Waals surface area contributed by atoms with Crippen LogP contribution in [0.25, 0.3) is 0 Å². The van der Waals surface area contributed by atoms with Crippen molar-refractivity contribution >= 4 is 17.7 Å². The molecule has 1 amide bonds. The summed E-state index contributed by atoms with van der Waals surface area (Å²) in [6.07, 6.45) is 9.38. The van der Waals surface area contributed by atoms with Gasteiger partial charge in [0, 0.05) is 18.8 Å². The Morgan fingerprint density at radius 1 is 1.03 bits per heavy atom. The molecule has 1 atom stereocenters. The summed E-state index contributed by atoms with van der Waals surface area (Å²) in [5, 5.41) is 12.6. The molecule has 1 aliphatic rings. The second kappa shape index (κ2) is 12.2. The average Bonchev–Trinajstić information content (AvgIpc) is 2.87. The number of ketones is 1. The minimum atomic E-state index is -1.38. The van der Waals surface area contributed by atoms with E-state index < -0.39 is 17.4 Å². The number of amides is 1. The van der Waals surface area contributed by atoms with Crippen LogP contribution in [-0.2, 0) is 20.8 Å². The van der Waals surface area contributed by atoms with Gasteiger partial charge < -0.3 is 10.4 Å². The lowest BCUT2D eigenvalue weighted by molar-refractivity contribution is -0.144. The zero-order chi connectivity index (χ0) is 25.3. The van der Waals surface area contributed by atoms with Gasteiger partial charge in [-0.1, -0.05) is 80.1 Å². The van der Waals surface area contributed by atoms with Crippen LogP contribution >= 0.6 is 0 Å². The third kappa shape index (κ3) is 7.22. The molecule has 0 saturated carbocycles. The highest BCUT2D eigenvalue weighted by Gasteiger charge is 2.38. The standard InChI is InChI=1S/C29H32FNO4/c1-2-3-9-27(33)31-29(18-16-23(17-19-29)22-7-5-4-6-8-22)26(32)20-24(28(34)35)13-10-21-11-14-25(30)15-12-21/h4-8,11-12,14-19,23-24H,2-3,9-10,13,20H2,1H3,(H,31,33)(H,34,35). The van der Waals surface area contributed by atoms with E-state index in [4.69, 9.17) is 0 Å². The smallest absolute Gasteiger partial charge is 0.306 e. The highest BCUT2D eigenvalue weighted by atomic mass is 19.1. The van der Waals surface area contributed by atoms with Gasteiger partial charge in [-0.15, -0.1) is 0 Å². The molecule has 2 aromatic carbocycles. The van der Waals surface area contributed by atoms with Crippen molar-refractivity contribution in [1.29, 1.82) is 0 Å². The summed E-state index contributed by atoms with van der Waals surface area (Å²) in [6, 6.07) is 15.7. The second-order valence-electron chi connectivity index (χ2n) is 9.00. The van der Waals surface area contributed by atoms with Crippen LogP contribution in [0.15, 0.2) is 78.9 Å². The van der Waals surface area contributed by atoms with Crippen molar-refractivity contribution in [2.24, 2.45) is 5.92 Å². The van der Waals surface area contributed by atoms with Crippen LogP contribution in [0.5, 0.6) is 0 Å². The SMILES string of the molecule is CCCCC(=O)NC1(C(=O)CC(CCc2ccc(F)cc2)C(=O)O)C=CC(c2ccccc2)C=C1. The van der Waals surface area contributed by atoms with Crippen LogP contribution in [0.4, 0.5) is 4.39 Å². The third-order valence-corrected chi connectivity index (χ3v) is 6.36. The molecule has 2 N–H and O–H groups in total. The number of benzene rings is 2. The van der Waals surface area contributed by atoms with Crippen LogP contribution in [0, 0.1) is 11.7 Å². The Morgan fingerprint density at radius 3 is 2.29 bits per heavy atom. The summed E-state index contributed by atoms with van der Waals surface area (Å²) in [4.78, 5) is 38.1. The monoisotopic (exact) mass is 477 g/mol. The maximum atomic E-state index is 13.5. The number of unbranched alkanes of at least 4 members (excludes halogenated alkanes) is 1. The Labute approximate surface area is 205 Å². The lowest BCUT2D eigenvalue weighted by Gasteiger charge is -2.32. The van der Waals surface area contributed by atoms with Gasteiger partial charge in [0.15, 0.2) is 5.78 Å². The minimum absolute atomic E-state index is 0.0431. The molecule has 0 aliphatic heterocycles. The van der Waals surface area contributed by atoms with Gasteiger partial charge in [-0.05, 0) is 42.5 Å². The van der Waals surface area contributed by atoms with E-state index in [-0.39, 0.29) is 36.3 Å². The Morgan fingerprint density at radius 2 is 1.69 bits per heavy atom.